The van der Waals surface area contributed by atoms with Crippen LogP contribution in [0.2, 0.25) is 0 Å². The van der Waals surface area contributed by atoms with E-state index in [0.29, 0.717) is 6.42 Å². The molecule has 1 unspecified atom stereocenters. The van der Waals surface area contributed by atoms with Crippen LogP contribution in [0.1, 0.15) is 46.5 Å². The molecule has 23 heavy (non-hydrogen) atoms. The molecule has 6 heteroatoms. The summed E-state index contributed by atoms with van der Waals surface area (Å²) in [6, 6.07) is 0. The van der Waals surface area contributed by atoms with Gasteiger partial charge in [0.1, 0.15) is 0 Å². The second kappa shape index (κ2) is 12.2. The third-order valence-electron chi connectivity index (χ3n) is 2.96. The number of rotatable bonds is 9. The first kappa shape index (κ1) is 22.9. The van der Waals surface area contributed by atoms with E-state index >= 15 is 0 Å². The molecule has 0 aliphatic carbocycles. The lowest BCUT2D eigenvalue weighted by molar-refractivity contribution is -0.134. The van der Waals surface area contributed by atoms with E-state index in [-0.39, 0.29) is 16.7 Å². The summed E-state index contributed by atoms with van der Waals surface area (Å²) in [5.74, 6) is -3.46. The van der Waals surface area contributed by atoms with Crippen LogP contribution in [0.4, 0.5) is 0 Å². The van der Waals surface area contributed by atoms with Gasteiger partial charge >= 0.3 is 17.9 Å². The summed E-state index contributed by atoms with van der Waals surface area (Å²) in [7, 11) is 0. The van der Waals surface area contributed by atoms with Gasteiger partial charge in [0, 0.05) is 22.6 Å². The highest BCUT2D eigenvalue weighted by atomic mass is 16.4. The Morgan fingerprint density at radius 3 is 1.78 bits per heavy atom. The number of unbranched alkanes of at least 4 members (excludes halogenated alkanes) is 2. The van der Waals surface area contributed by atoms with Crippen molar-refractivity contribution in [1.29, 1.82) is 0 Å². The molecular formula is C17H26O6. The van der Waals surface area contributed by atoms with E-state index in [2.05, 4.69) is 13.2 Å². The molecule has 0 rings (SSSR count). The Hall–Kier alpha value is -2.37. The highest BCUT2D eigenvalue weighted by molar-refractivity contribution is 5.89. The maximum atomic E-state index is 11.0. The average molecular weight is 326 g/mol. The third kappa shape index (κ3) is 11.9. The monoisotopic (exact) mass is 326 g/mol. The Morgan fingerprint density at radius 1 is 1.00 bits per heavy atom. The summed E-state index contributed by atoms with van der Waals surface area (Å²) in [4.78, 5) is 31.3. The van der Waals surface area contributed by atoms with E-state index in [1.807, 2.05) is 6.92 Å². The molecular weight excluding hydrogens is 300 g/mol. The number of carboxylic acid groups (broad SMARTS) is 3. The molecule has 0 aromatic heterocycles. The molecule has 0 heterocycles. The highest BCUT2D eigenvalue weighted by Gasteiger charge is 2.14. The minimum Gasteiger partial charge on any atom is -0.478 e. The van der Waals surface area contributed by atoms with Gasteiger partial charge in [-0.1, -0.05) is 45.9 Å². The van der Waals surface area contributed by atoms with Gasteiger partial charge in [-0.25, -0.2) is 14.4 Å². The molecule has 0 saturated heterocycles. The van der Waals surface area contributed by atoms with E-state index in [4.69, 9.17) is 15.3 Å². The van der Waals surface area contributed by atoms with Gasteiger partial charge in [-0.3, -0.25) is 0 Å². The minimum atomic E-state index is -1.09. The first-order valence-electron chi connectivity index (χ1n) is 7.29. The molecule has 6 nitrogen and oxygen atoms in total. The minimum absolute atomic E-state index is 0.0132. The zero-order chi connectivity index (χ0) is 18.6. The van der Waals surface area contributed by atoms with Crippen LogP contribution in [0, 0.1) is 5.92 Å². The Labute approximate surface area is 136 Å². The van der Waals surface area contributed by atoms with Crippen molar-refractivity contribution in [3.05, 3.63) is 36.0 Å². The van der Waals surface area contributed by atoms with E-state index in [1.54, 1.807) is 6.92 Å². The van der Waals surface area contributed by atoms with Gasteiger partial charge in [-0.15, -0.1) is 0 Å². The lowest BCUT2D eigenvalue weighted by Gasteiger charge is -2.08. The van der Waals surface area contributed by atoms with Gasteiger partial charge in [-0.2, -0.15) is 0 Å². The van der Waals surface area contributed by atoms with Crippen molar-refractivity contribution in [2.24, 2.45) is 5.92 Å². The molecule has 0 saturated carbocycles. The Bertz CT molecular complexity index is 475. The summed E-state index contributed by atoms with van der Waals surface area (Å²) in [6.07, 6.45) is 4.75. The number of aliphatic carboxylic acids is 3. The van der Waals surface area contributed by atoms with Gasteiger partial charge in [0.2, 0.25) is 0 Å². The van der Waals surface area contributed by atoms with Crippen molar-refractivity contribution in [1.82, 2.24) is 0 Å². The SMILES string of the molecule is C=C(C(=O)O)C(C)C=C(CCCCC)C(=O)O.C=C(C)C(=O)O. The van der Waals surface area contributed by atoms with Crippen LogP contribution in [-0.2, 0) is 14.4 Å². The number of carboxylic acids is 3. The third-order valence-corrected chi connectivity index (χ3v) is 2.96. The first-order chi connectivity index (χ1) is 10.5. The zero-order valence-electron chi connectivity index (χ0n) is 14.0. The Morgan fingerprint density at radius 2 is 1.48 bits per heavy atom. The smallest absolute Gasteiger partial charge is 0.331 e. The van der Waals surface area contributed by atoms with Crippen molar-refractivity contribution in [2.75, 3.05) is 0 Å². The lowest BCUT2D eigenvalue weighted by atomic mass is 9.97. The zero-order valence-corrected chi connectivity index (χ0v) is 14.0. The lowest BCUT2D eigenvalue weighted by Crippen LogP contribution is -2.09. The van der Waals surface area contributed by atoms with E-state index in [9.17, 15) is 14.4 Å². The summed E-state index contributed by atoms with van der Waals surface area (Å²) in [6.45, 7) is 11.7. The summed E-state index contributed by atoms with van der Waals surface area (Å²) in [5, 5.41) is 25.6. The van der Waals surface area contributed by atoms with Crippen molar-refractivity contribution in [3.63, 3.8) is 0 Å². The molecule has 0 spiro atoms. The highest BCUT2D eigenvalue weighted by Crippen LogP contribution is 2.17. The molecule has 1 atom stereocenters. The molecule has 0 aliphatic rings. The van der Waals surface area contributed by atoms with E-state index in [0.717, 1.165) is 19.3 Å². The normalized spacial score (nSPS) is 11.7. The quantitative estimate of drug-likeness (QED) is 0.441. The molecule has 0 aliphatic heterocycles. The van der Waals surface area contributed by atoms with Crippen LogP contribution in [0.15, 0.2) is 36.0 Å². The van der Waals surface area contributed by atoms with E-state index in [1.165, 1.54) is 13.0 Å². The predicted molar refractivity (Wildman–Crippen MR) is 88.3 cm³/mol. The predicted octanol–water partition coefficient (Wildman–Crippen LogP) is 3.50. The maximum absolute atomic E-state index is 11.0. The number of hydrogen-bond acceptors (Lipinski definition) is 3. The molecule has 130 valence electrons. The van der Waals surface area contributed by atoms with Gasteiger partial charge in [0.05, 0.1) is 0 Å². The maximum Gasteiger partial charge on any atom is 0.331 e. The first-order valence-corrected chi connectivity index (χ1v) is 7.29. The summed E-state index contributed by atoms with van der Waals surface area (Å²) < 4.78 is 0. The van der Waals surface area contributed by atoms with Crippen molar-refractivity contribution >= 4 is 17.9 Å². The van der Waals surface area contributed by atoms with Crippen LogP contribution < -0.4 is 0 Å². The second-order valence-corrected chi connectivity index (χ2v) is 5.16. The molecule has 0 aromatic carbocycles. The summed E-state index contributed by atoms with van der Waals surface area (Å²) >= 11 is 0. The molecule has 0 amide bonds. The Balaban J connectivity index is 0. The topological polar surface area (TPSA) is 112 Å². The standard InChI is InChI=1S/C13H20O4.C4H6O2/c1-4-5-6-7-11(13(16)17)8-9(2)10(3)12(14)15;1-3(2)4(5)6/h8-9H,3-7H2,1-2H3,(H,14,15)(H,16,17);1H2,2H3,(H,5,6). The molecule has 0 aromatic rings. The van der Waals surface area contributed by atoms with E-state index < -0.39 is 23.8 Å². The van der Waals surface area contributed by atoms with Crippen LogP contribution in [0.3, 0.4) is 0 Å². The van der Waals surface area contributed by atoms with Gasteiger partial charge < -0.3 is 15.3 Å². The summed E-state index contributed by atoms with van der Waals surface area (Å²) in [5.41, 5.74) is 0.461. The van der Waals surface area contributed by atoms with Crippen LogP contribution in [0.25, 0.3) is 0 Å². The van der Waals surface area contributed by atoms with Gasteiger partial charge in [0.25, 0.3) is 0 Å². The molecule has 0 fully saturated rings. The van der Waals surface area contributed by atoms with Crippen molar-refractivity contribution < 1.29 is 29.7 Å². The second-order valence-electron chi connectivity index (χ2n) is 5.16. The van der Waals surface area contributed by atoms with Crippen molar-refractivity contribution in [3.8, 4) is 0 Å². The van der Waals surface area contributed by atoms with Crippen LogP contribution in [0.5, 0.6) is 0 Å². The molecule has 3 N–H and O–H groups in total. The number of allylic oxidation sites excluding steroid dienone is 1. The number of carbonyl (C=O) groups is 3. The van der Waals surface area contributed by atoms with Crippen molar-refractivity contribution in [2.45, 2.75) is 46.5 Å². The van der Waals surface area contributed by atoms with Crippen LogP contribution >= 0.6 is 0 Å². The van der Waals surface area contributed by atoms with Crippen LogP contribution in [-0.4, -0.2) is 33.2 Å². The number of hydrogen-bond donors (Lipinski definition) is 3. The molecule has 0 bridgehead atoms. The fourth-order valence-corrected chi connectivity index (χ4v) is 1.42. The van der Waals surface area contributed by atoms with Gasteiger partial charge in [0.15, 0.2) is 0 Å². The average Bonchev–Trinajstić information content (AvgIpc) is 2.45. The fraction of sp³-hybridized carbons (Fsp3) is 0.471. The fourth-order valence-electron chi connectivity index (χ4n) is 1.42. The Kier molecular flexibility index (Phi) is 12.2. The molecule has 0 radical (unpaired) electrons. The van der Waals surface area contributed by atoms with Gasteiger partial charge in [-0.05, 0) is 19.8 Å². The largest absolute Gasteiger partial charge is 0.478 e.